The summed E-state index contributed by atoms with van der Waals surface area (Å²) in [6.07, 6.45) is 5.06. The fourth-order valence-electron chi connectivity index (χ4n) is 1.59. The van der Waals surface area contributed by atoms with Crippen LogP contribution in [-0.4, -0.2) is 64.4 Å². The molecule has 2 N–H and O–H groups in total. The number of carbonyl (C=O) groups excluding carboxylic acids is 3. The topological polar surface area (TPSA) is 107 Å². The van der Waals surface area contributed by atoms with Crippen molar-refractivity contribution in [3.63, 3.8) is 0 Å². The third-order valence-electron chi connectivity index (χ3n) is 2.55. The van der Waals surface area contributed by atoms with Gasteiger partial charge in [0.1, 0.15) is 19.1 Å². The number of terminal acetylenes is 1. The minimum absolute atomic E-state index is 0.218. The number of carboxylic acids is 1. The maximum atomic E-state index is 12.1. The second-order valence-corrected chi connectivity index (χ2v) is 3.95. The lowest BCUT2D eigenvalue weighted by molar-refractivity contribution is -0.138. The van der Waals surface area contributed by atoms with E-state index in [1.54, 1.807) is 0 Å². The summed E-state index contributed by atoms with van der Waals surface area (Å²) in [5.74, 6) is -0.301. The van der Waals surface area contributed by atoms with Gasteiger partial charge in [-0.15, -0.1) is 6.42 Å². The minimum Gasteiger partial charge on any atom is -0.480 e. The van der Waals surface area contributed by atoms with E-state index in [2.05, 4.69) is 11.2 Å². The Morgan fingerprint density at radius 1 is 1.58 bits per heavy atom. The number of aliphatic carboxylic acids is 1. The third kappa shape index (κ3) is 3.45. The van der Waals surface area contributed by atoms with Crippen molar-refractivity contribution in [1.82, 2.24) is 15.1 Å². The molecule has 0 aromatic rings. The average Bonchev–Trinajstić information content (AvgIpc) is 2.32. The molecule has 8 heteroatoms. The number of amides is 4. The molecule has 4 amide bonds. The zero-order valence-electron chi connectivity index (χ0n) is 10.3. The molecule has 0 spiro atoms. The molecular formula is C11H13N3O5. The van der Waals surface area contributed by atoms with Gasteiger partial charge in [-0.2, -0.15) is 0 Å². The highest BCUT2D eigenvalue weighted by molar-refractivity contribution is 6.04. The summed E-state index contributed by atoms with van der Waals surface area (Å²) in [5.41, 5.74) is 0. The fraction of sp³-hybridized carbons (Fsp3) is 0.455. The van der Waals surface area contributed by atoms with Crippen LogP contribution in [-0.2, 0) is 14.4 Å². The van der Waals surface area contributed by atoms with Crippen molar-refractivity contribution in [1.29, 1.82) is 0 Å². The summed E-state index contributed by atoms with van der Waals surface area (Å²) in [4.78, 5) is 47.3. The normalized spacial score (nSPS) is 18.5. The molecule has 1 heterocycles. The summed E-state index contributed by atoms with van der Waals surface area (Å²) in [6, 6.07) is -1.62. The second kappa shape index (κ2) is 5.86. The number of carbonyl (C=O) groups is 4. The van der Waals surface area contributed by atoms with Crippen LogP contribution in [0.25, 0.3) is 0 Å². The Morgan fingerprint density at radius 3 is 2.74 bits per heavy atom. The number of piperazine rings is 1. The molecule has 0 aromatic carbocycles. The van der Waals surface area contributed by atoms with Crippen LogP contribution in [0, 0.1) is 12.3 Å². The first kappa shape index (κ1) is 14.5. The highest BCUT2D eigenvalue weighted by Gasteiger charge is 2.35. The highest BCUT2D eigenvalue weighted by Crippen LogP contribution is 2.08. The van der Waals surface area contributed by atoms with Crippen LogP contribution in [0.3, 0.4) is 0 Å². The first-order valence-corrected chi connectivity index (χ1v) is 5.41. The molecule has 0 aliphatic carbocycles. The molecule has 0 radical (unpaired) electrons. The molecule has 1 aliphatic heterocycles. The number of imide groups is 1. The Hall–Kier alpha value is -2.56. The number of nitrogens with one attached hydrogen (secondary N) is 1. The molecule has 1 saturated heterocycles. The van der Waals surface area contributed by atoms with Gasteiger partial charge in [0.25, 0.3) is 0 Å². The lowest BCUT2D eigenvalue weighted by Crippen LogP contribution is -2.61. The highest BCUT2D eigenvalue weighted by atomic mass is 16.4. The van der Waals surface area contributed by atoms with Gasteiger partial charge in [-0.25, -0.2) is 4.79 Å². The Balaban J connectivity index is 2.88. The number of hydrogen-bond donors (Lipinski definition) is 2. The van der Waals surface area contributed by atoms with Crippen molar-refractivity contribution >= 4 is 23.8 Å². The van der Waals surface area contributed by atoms with Crippen LogP contribution in [0.15, 0.2) is 0 Å². The predicted octanol–water partition coefficient (Wildman–Crippen LogP) is -1.53. The van der Waals surface area contributed by atoms with Gasteiger partial charge in [0.2, 0.25) is 11.8 Å². The van der Waals surface area contributed by atoms with E-state index in [-0.39, 0.29) is 13.1 Å². The van der Waals surface area contributed by atoms with Gasteiger partial charge >= 0.3 is 12.0 Å². The molecule has 0 aromatic heterocycles. The summed E-state index contributed by atoms with van der Waals surface area (Å²) in [6.45, 7) is 0.313. The molecule has 8 nitrogen and oxygen atoms in total. The second-order valence-electron chi connectivity index (χ2n) is 3.95. The predicted molar refractivity (Wildman–Crippen MR) is 62.8 cm³/mol. The molecule has 1 unspecified atom stereocenters. The van der Waals surface area contributed by atoms with Gasteiger partial charge in [0.05, 0.1) is 6.54 Å². The van der Waals surface area contributed by atoms with Crippen LogP contribution in [0.2, 0.25) is 0 Å². The van der Waals surface area contributed by atoms with E-state index in [1.165, 1.54) is 6.92 Å². The number of nitrogens with zero attached hydrogens (tertiary/aromatic N) is 2. The SMILES string of the molecule is C#CCN(CC(=O)O)C(=O)N1CC(=O)NC(=O)C1C. The van der Waals surface area contributed by atoms with E-state index >= 15 is 0 Å². The molecule has 1 fully saturated rings. The first-order valence-electron chi connectivity index (χ1n) is 5.41. The van der Waals surface area contributed by atoms with E-state index in [0.29, 0.717) is 0 Å². The number of rotatable bonds is 3. The van der Waals surface area contributed by atoms with E-state index in [0.717, 1.165) is 9.80 Å². The quantitative estimate of drug-likeness (QED) is 0.476. The standard InChI is InChI=1S/C11H13N3O5/c1-3-4-13(6-9(16)17)11(19)14-5-8(15)12-10(18)7(14)2/h1,7H,4-6H2,2H3,(H,16,17)(H,12,15,18). The molecule has 1 atom stereocenters. The number of hydrogen-bond acceptors (Lipinski definition) is 4. The van der Waals surface area contributed by atoms with Gasteiger partial charge in [0.15, 0.2) is 0 Å². The summed E-state index contributed by atoms with van der Waals surface area (Å²) < 4.78 is 0. The Morgan fingerprint density at radius 2 is 2.21 bits per heavy atom. The maximum Gasteiger partial charge on any atom is 0.323 e. The van der Waals surface area contributed by atoms with E-state index in [1.807, 2.05) is 0 Å². The lowest BCUT2D eigenvalue weighted by atomic mass is 10.2. The molecule has 0 saturated carbocycles. The molecule has 1 aliphatic rings. The monoisotopic (exact) mass is 267 g/mol. The smallest absolute Gasteiger partial charge is 0.323 e. The van der Waals surface area contributed by atoms with Gasteiger partial charge in [-0.1, -0.05) is 5.92 Å². The molecule has 19 heavy (non-hydrogen) atoms. The third-order valence-corrected chi connectivity index (χ3v) is 2.55. The zero-order valence-corrected chi connectivity index (χ0v) is 10.3. The van der Waals surface area contributed by atoms with E-state index < -0.39 is 36.4 Å². The summed E-state index contributed by atoms with van der Waals surface area (Å²) >= 11 is 0. The summed E-state index contributed by atoms with van der Waals surface area (Å²) in [5, 5.41) is 10.8. The van der Waals surface area contributed by atoms with Crippen molar-refractivity contribution in [2.75, 3.05) is 19.6 Å². The van der Waals surface area contributed by atoms with E-state index in [9.17, 15) is 19.2 Å². The van der Waals surface area contributed by atoms with Crippen LogP contribution < -0.4 is 5.32 Å². The zero-order chi connectivity index (χ0) is 14.6. The van der Waals surface area contributed by atoms with Crippen LogP contribution in [0.1, 0.15) is 6.92 Å². The number of carboxylic acid groups (broad SMARTS) is 1. The largest absolute Gasteiger partial charge is 0.480 e. The average molecular weight is 267 g/mol. The number of urea groups is 1. The van der Waals surface area contributed by atoms with Crippen LogP contribution in [0.4, 0.5) is 4.79 Å². The van der Waals surface area contributed by atoms with E-state index in [4.69, 9.17) is 11.5 Å². The minimum atomic E-state index is -1.23. The maximum absolute atomic E-state index is 12.1. The lowest BCUT2D eigenvalue weighted by Gasteiger charge is -2.34. The van der Waals surface area contributed by atoms with Gasteiger partial charge in [-0.05, 0) is 6.92 Å². The van der Waals surface area contributed by atoms with Crippen molar-refractivity contribution < 1.29 is 24.3 Å². The van der Waals surface area contributed by atoms with Crippen LogP contribution >= 0.6 is 0 Å². The first-order chi connectivity index (χ1) is 8.86. The Labute approximate surface area is 109 Å². The Kier molecular flexibility index (Phi) is 4.47. The molecular weight excluding hydrogens is 254 g/mol. The van der Waals surface area contributed by atoms with Crippen molar-refractivity contribution in [3.8, 4) is 12.3 Å². The van der Waals surface area contributed by atoms with Crippen LogP contribution in [0.5, 0.6) is 0 Å². The Bertz CT molecular complexity index is 467. The van der Waals surface area contributed by atoms with Crippen molar-refractivity contribution in [2.45, 2.75) is 13.0 Å². The van der Waals surface area contributed by atoms with Gasteiger partial charge < -0.3 is 14.9 Å². The van der Waals surface area contributed by atoms with Gasteiger partial charge in [0, 0.05) is 0 Å². The van der Waals surface area contributed by atoms with Gasteiger partial charge in [-0.3, -0.25) is 19.7 Å². The fourth-order valence-corrected chi connectivity index (χ4v) is 1.59. The molecule has 0 bridgehead atoms. The molecule has 102 valence electrons. The van der Waals surface area contributed by atoms with Crippen molar-refractivity contribution in [3.05, 3.63) is 0 Å². The molecule has 1 rings (SSSR count). The summed E-state index contributed by atoms with van der Waals surface area (Å²) in [7, 11) is 0. The van der Waals surface area contributed by atoms with Crippen molar-refractivity contribution in [2.24, 2.45) is 0 Å².